The Morgan fingerprint density at radius 3 is 2.34 bits per heavy atom. The summed E-state index contributed by atoms with van der Waals surface area (Å²) in [5.41, 5.74) is 5.93. The average Bonchev–Trinajstić information content (AvgIpc) is 3.23. The molecule has 1 aromatic carbocycles. The van der Waals surface area contributed by atoms with E-state index in [0.717, 1.165) is 41.5 Å². The van der Waals surface area contributed by atoms with E-state index in [0.29, 0.717) is 17.9 Å². The predicted molar refractivity (Wildman–Crippen MR) is 118 cm³/mol. The number of carbonyl (C=O) groups excluding carboxylic acids is 1. The highest BCUT2D eigenvalue weighted by Crippen LogP contribution is 2.45. The predicted octanol–water partition coefficient (Wildman–Crippen LogP) is 5.39. The number of hydrogen-bond acceptors (Lipinski definition) is 4. The number of carbonyl (C=O) groups is 1. The number of hydrogen-bond donors (Lipinski definition) is 1. The maximum Gasteiger partial charge on any atom is 0.341 e. The molecule has 29 heavy (non-hydrogen) atoms. The molecule has 0 aromatic heterocycles. The first kappa shape index (κ1) is 22.5. The van der Waals surface area contributed by atoms with Crippen molar-refractivity contribution in [2.24, 2.45) is 5.92 Å². The number of cyclic esters (lactones) is 1. The average molecular weight is 418 g/mol. The molecular weight excluding hydrogens is 380 g/mol. The third-order valence-electron chi connectivity index (χ3n) is 6.50. The van der Waals surface area contributed by atoms with Gasteiger partial charge in [-0.1, -0.05) is 40.5 Å². The fraction of sp³-hybridized carbons (Fsp3) is 0.708. The summed E-state index contributed by atoms with van der Waals surface area (Å²) in [5, 5.41) is 11.1. The molecule has 3 rings (SSSR count). The molecule has 1 unspecified atom stereocenters. The third-order valence-corrected chi connectivity index (χ3v) is 7.18. The lowest BCUT2D eigenvalue weighted by molar-refractivity contribution is -0.0398. The van der Waals surface area contributed by atoms with Crippen LogP contribution in [0.2, 0.25) is 13.1 Å². The normalized spacial score (nSPS) is 21.0. The summed E-state index contributed by atoms with van der Waals surface area (Å²) in [7, 11) is -1.02. The molecule has 1 fully saturated rings. The van der Waals surface area contributed by atoms with Crippen LogP contribution in [0.1, 0.15) is 97.8 Å². The molecule has 1 radical (unpaired) electrons. The zero-order valence-corrected chi connectivity index (χ0v) is 20.1. The van der Waals surface area contributed by atoms with Crippen LogP contribution < -0.4 is 0 Å². The number of aliphatic hydroxyl groups is 1. The Hall–Kier alpha value is -1.17. The molecule has 1 saturated carbocycles. The minimum atomic E-state index is -1.02. The van der Waals surface area contributed by atoms with Crippen LogP contribution in [0.25, 0.3) is 0 Å². The van der Waals surface area contributed by atoms with E-state index < -0.39 is 15.3 Å². The number of fused-ring (bicyclic) bond motifs is 1. The summed E-state index contributed by atoms with van der Waals surface area (Å²) in [6, 6.07) is 0. The molecule has 1 N–H and O–H groups in total. The molecule has 2 aliphatic rings. The first-order chi connectivity index (χ1) is 13.6. The van der Waals surface area contributed by atoms with E-state index in [4.69, 9.17) is 9.16 Å². The van der Waals surface area contributed by atoms with Gasteiger partial charge in [0, 0.05) is 5.56 Å². The first-order valence-corrected chi connectivity index (χ1v) is 13.5. The lowest BCUT2D eigenvalue weighted by Crippen LogP contribution is -2.27. The van der Waals surface area contributed by atoms with Crippen LogP contribution in [-0.2, 0) is 27.4 Å². The second-order valence-electron chi connectivity index (χ2n) is 9.93. The maximum atomic E-state index is 13.0. The van der Waals surface area contributed by atoms with Gasteiger partial charge in [-0.3, -0.25) is 0 Å². The van der Waals surface area contributed by atoms with Gasteiger partial charge in [0.15, 0.2) is 0 Å². The van der Waals surface area contributed by atoms with E-state index in [2.05, 4.69) is 47.7 Å². The molecule has 0 spiro atoms. The minimum absolute atomic E-state index is 0.230. The molecule has 5 heteroatoms. The molecule has 4 nitrogen and oxygen atoms in total. The topological polar surface area (TPSA) is 55.8 Å². The molecule has 1 aliphatic carbocycles. The van der Waals surface area contributed by atoms with Gasteiger partial charge >= 0.3 is 5.97 Å². The number of aliphatic hydroxyl groups excluding tert-OH is 1. The highest BCUT2D eigenvalue weighted by Gasteiger charge is 2.42. The third kappa shape index (κ3) is 4.33. The van der Waals surface area contributed by atoms with Crippen LogP contribution in [0.4, 0.5) is 0 Å². The lowest BCUT2D eigenvalue weighted by Gasteiger charge is -2.31. The van der Waals surface area contributed by atoms with Gasteiger partial charge in [-0.25, -0.2) is 4.79 Å². The molecule has 161 valence electrons. The van der Waals surface area contributed by atoms with Crippen molar-refractivity contribution in [3.8, 4) is 0 Å². The van der Waals surface area contributed by atoms with Crippen molar-refractivity contribution in [3.05, 3.63) is 33.4 Å². The largest absolute Gasteiger partial charge is 0.429 e. The summed E-state index contributed by atoms with van der Waals surface area (Å²) in [4.78, 5) is 13.0. The fourth-order valence-corrected chi connectivity index (χ4v) is 5.88. The van der Waals surface area contributed by atoms with Gasteiger partial charge in [0.1, 0.15) is 0 Å². The highest BCUT2D eigenvalue weighted by molar-refractivity contribution is 6.48. The van der Waals surface area contributed by atoms with Crippen molar-refractivity contribution in [1.82, 2.24) is 0 Å². The van der Waals surface area contributed by atoms with Crippen molar-refractivity contribution in [2.75, 3.05) is 0 Å². The van der Waals surface area contributed by atoms with E-state index in [9.17, 15) is 9.90 Å². The van der Waals surface area contributed by atoms with Crippen molar-refractivity contribution in [3.63, 3.8) is 0 Å². The smallest absolute Gasteiger partial charge is 0.341 e. The van der Waals surface area contributed by atoms with Gasteiger partial charge in [0.2, 0.25) is 15.3 Å². The fourth-order valence-electron chi connectivity index (χ4n) is 5.28. The Labute approximate surface area is 177 Å². The first-order valence-electron chi connectivity index (χ1n) is 11.1. The zero-order chi connectivity index (χ0) is 21.5. The van der Waals surface area contributed by atoms with Gasteiger partial charge in [0.25, 0.3) is 0 Å². The van der Waals surface area contributed by atoms with Crippen molar-refractivity contribution in [2.45, 2.75) is 104 Å². The van der Waals surface area contributed by atoms with Gasteiger partial charge < -0.3 is 14.3 Å². The summed E-state index contributed by atoms with van der Waals surface area (Å²) in [5.74, 6) is 0.0926. The SMILES string of the molecule is CCc1c(C)c2c(c(C(C)(C)C)c1C[C@H](O)C1CCCC1)C(=O)OC2O[Si](C)C. The summed E-state index contributed by atoms with van der Waals surface area (Å²) >= 11 is 0. The van der Waals surface area contributed by atoms with Gasteiger partial charge in [0.05, 0.1) is 11.7 Å². The molecule has 0 amide bonds. The van der Waals surface area contributed by atoms with Crippen molar-refractivity contribution >= 4 is 15.0 Å². The molecule has 1 aliphatic heterocycles. The zero-order valence-electron chi connectivity index (χ0n) is 19.1. The van der Waals surface area contributed by atoms with Gasteiger partial charge in [-0.2, -0.15) is 0 Å². The highest BCUT2D eigenvalue weighted by atomic mass is 28.3. The standard InChI is InChI=1S/C24H37O4Si/c1-8-16-14(2)19-20(22(26)27-23(19)28-29(6)7)21(24(3,4)5)17(16)13-18(25)15-11-9-10-12-15/h15,18,23,25H,8-13H2,1-7H3/t18-,23?/m0/s1. The molecule has 2 atom stereocenters. The van der Waals surface area contributed by atoms with E-state index in [-0.39, 0.29) is 17.5 Å². The Morgan fingerprint density at radius 1 is 1.21 bits per heavy atom. The van der Waals surface area contributed by atoms with E-state index >= 15 is 0 Å². The molecule has 0 bridgehead atoms. The van der Waals surface area contributed by atoms with Crippen LogP contribution in [0.15, 0.2) is 0 Å². The summed E-state index contributed by atoms with van der Waals surface area (Å²) in [6.45, 7) is 14.8. The number of esters is 1. The van der Waals surface area contributed by atoms with Crippen LogP contribution in [-0.4, -0.2) is 26.2 Å². The van der Waals surface area contributed by atoms with Crippen LogP contribution in [0, 0.1) is 12.8 Å². The Balaban J connectivity index is 2.19. The van der Waals surface area contributed by atoms with E-state index in [1.807, 2.05) is 0 Å². The Bertz CT molecular complexity index is 772. The molecular formula is C24H37O4Si. The van der Waals surface area contributed by atoms with Crippen LogP contribution in [0.5, 0.6) is 0 Å². The second kappa shape index (κ2) is 8.52. The summed E-state index contributed by atoms with van der Waals surface area (Å²) in [6.07, 6.45) is 5.16. The lowest BCUT2D eigenvalue weighted by atomic mass is 9.73. The van der Waals surface area contributed by atoms with Crippen molar-refractivity contribution in [1.29, 1.82) is 0 Å². The molecule has 0 saturated heterocycles. The molecule has 1 aromatic rings. The van der Waals surface area contributed by atoms with Crippen LogP contribution >= 0.6 is 0 Å². The number of ether oxygens (including phenoxy) is 1. The molecule has 1 heterocycles. The second-order valence-corrected chi connectivity index (χ2v) is 12.0. The monoisotopic (exact) mass is 417 g/mol. The minimum Gasteiger partial charge on any atom is -0.429 e. The maximum absolute atomic E-state index is 13.0. The Morgan fingerprint density at radius 2 is 1.83 bits per heavy atom. The number of rotatable bonds is 6. The van der Waals surface area contributed by atoms with Gasteiger partial charge in [-0.15, -0.1) is 0 Å². The van der Waals surface area contributed by atoms with E-state index in [1.54, 1.807) is 0 Å². The quantitative estimate of drug-likeness (QED) is 0.498. The van der Waals surface area contributed by atoms with Crippen molar-refractivity contribution < 1.29 is 19.1 Å². The van der Waals surface area contributed by atoms with Crippen LogP contribution in [0.3, 0.4) is 0 Å². The van der Waals surface area contributed by atoms with E-state index in [1.165, 1.54) is 18.4 Å². The van der Waals surface area contributed by atoms with Gasteiger partial charge in [-0.05, 0) is 79.3 Å². The number of benzene rings is 1. The summed E-state index contributed by atoms with van der Waals surface area (Å²) < 4.78 is 11.8. The Kier molecular flexibility index (Phi) is 6.61.